The fourth-order valence-electron chi connectivity index (χ4n) is 5.12. The lowest BCUT2D eigenvalue weighted by Gasteiger charge is -2.45. The van der Waals surface area contributed by atoms with Crippen molar-refractivity contribution in [2.75, 3.05) is 4.90 Å². The largest absolute Gasteiger partial charge is 0.444 e. The van der Waals surface area contributed by atoms with Gasteiger partial charge < -0.3 is 10.1 Å². The number of rotatable bonds is 4. The summed E-state index contributed by atoms with van der Waals surface area (Å²) in [5.74, 6) is 0.472. The van der Waals surface area contributed by atoms with Crippen LogP contribution in [0.5, 0.6) is 0 Å². The van der Waals surface area contributed by atoms with Gasteiger partial charge in [-0.15, -0.1) is 0 Å². The van der Waals surface area contributed by atoms with Gasteiger partial charge in [0.15, 0.2) is 0 Å². The van der Waals surface area contributed by atoms with Crippen LogP contribution < -0.4 is 10.2 Å². The first-order valence-electron chi connectivity index (χ1n) is 10.7. The van der Waals surface area contributed by atoms with Gasteiger partial charge in [0.25, 0.3) is 0 Å². The van der Waals surface area contributed by atoms with Gasteiger partial charge >= 0.3 is 6.09 Å². The monoisotopic (exact) mass is 376 g/mol. The predicted octanol–water partition coefficient (Wildman–Crippen LogP) is 5.20. The summed E-state index contributed by atoms with van der Waals surface area (Å²) in [6.07, 6.45) is 7.08. The molecule has 0 unspecified atom stereocenters. The van der Waals surface area contributed by atoms with E-state index < -0.39 is 0 Å². The molecule has 3 atom stereocenters. The second-order valence-corrected chi connectivity index (χ2v) is 8.40. The highest BCUT2D eigenvalue weighted by atomic mass is 16.6. The molecular formula is C24H28N2O2. The van der Waals surface area contributed by atoms with Crippen molar-refractivity contribution in [2.45, 2.75) is 63.3 Å². The quantitative estimate of drug-likeness (QED) is 0.798. The fraction of sp³-hybridized carbons (Fsp3) is 0.458. The lowest BCUT2D eigenvalue weighted by molar-refractivity contribution is 0.138. The van der Waals surface area contributed by atoms with Crippen molar-refractivity contribution in [3.8, 4) is 0 Å². The molecule has 0 bridgehead atoms. The van der Waals surface area contributed by atoms with Crippen molar-refractivity contribution in [3.63, 3.8) is 0 Å². The van der Waals surface area contributed by atoms with Crippen LogP contribution in [0.25, 0.3) is 0 Å². The van der Waals surface area contributed by atoms with E-state index in [1.54, 1.807) is 0 Å². The van der Waals surface area contributed by atoms with Crippen molar-refractivity contribution in [3.05, 3.63) is 65.7 Å². The summed E-state index contributed by atoms with van der Waals surface area (Å²) in [6.45, 7) is 0.319. The Bertz CT molecular complexity index is 834. The van der Waals surface area contributed by atoms with E-state index in [0.29, 0.717) is 24.6 Å². The number of carbonyl (C=O) groups excluding carboxylic acids is 1. The van der Waals surface area contributed by atoms with Crippen LogP contribution in [-0.2, 0) is 11.3 Å². The molecule has 2 aromatic carbocycles. The van der Waals surface area contributed by atoms with E-state index in [4.69, 9.17) is 4.74 Å². The molecule has 28 heavy (non-hydrogen) atoms. The highest BCUT2D eigenvalue weighted by Crippen LogP contribution is 2.48. The summed E-state index contributed by atoms with van der Waals surface area (Å²) in [5, 5.41) is 3.92. The number of nitrogens with one attached hydrogen (secondary N) is 1. The lowest BCUT2D eigenvalue weighted by Crippen LogP contribution is -2.52. The number of hydrogen-bond acceptors (Lipinski definition) is 3. The number of para-hydroxylation sites is 1. The zero-order chi connectivity index (χ0) is 18.9. The van der Waals surface area contributed by atoms with Crippen LogP contribution in [0.3, 0.4) is 0 Å². The molecule has 2 saturated carbocycles. The average Bonchev–Trinajstić information content (AvgIpc) is 3.18. The first-order valence-corrected chi connectivity index (χ1v) is 10.7. The highest BCUT2D eigenvalue weighted by molar-refractivity contribution is 5.90. The number of anilines is 1. The summed E-state index contributed by atoms with van der Waals surface area (Å²) in [7, 11) is 0. The third-order valence-corrected chi connectivity index (χ3v) is 6.74. The zero-order valence-corrected chi connectivity index (χ0v) is 16.2. The van der Waals surface area contributed by atoms with E-state index in [1.807, 2.05) is 41.3 Å². The van der Waals surface area contributed by atoms with Crippen LogP contribution in [-0.4, -0.2) is 18.2 Å². The third kappa shape index (κ3) is 3.20. The molecule has 1 heterocycles. The maximum absolute atomic E-state index is 13.2. The third-order valence-electron chi connectivity index (χ3n) is 6.74. The van der Waals surface area contributed by atoms with E-state index in [-0.39, 0.29) is 12.1 Å². The van der Waals surface area contributed by atoms with Crippen LogP contribution in [0.2, 0.25) is 0 Å². The Kier molecular flexibility index (Phi) is 4.81. The maximum Gasteiger partial charge on any atom is 0.414 e. The molecule has 4 heteroatoms. The highest BCUT2D eigenvalue weighted by Gasteiger charge is 2.47. The van der Waals surface area contributed by atoms with Crippen molar-refractivity contribution >= 4 is 11.8 Å². The first-order chi connectivity index (χ1) is 13.8. The molecule has 1 N–H and O–H groups in total. The Balaban J connectivity index is 1.41. The van der Waals surface area contributed by atoms with Gasteiger partial charge in [-0.05, 0) is 48.8 Å². The molecular weight excluding hydrogens is 348 g/mol. The van der Waals surface area contributed by atoms with Crippen LogP contribution in [0, 0.1) is 5.92 Å². The van der Waals surface area contributed by atoms with E-state index in [1.165, 1.54) is 37.7 Å². The molecule has 1 aliphatic heterocycles. The Morgan fingerprint density at radius 3 is 2.50 bits per heavy atom. The molecule has 2 fully saturated rings. The van der Waals surface area contributed by atoms with E-state index in [9.17, 15) is 4.79 Å². The topological polar surface area (TPSA) is 41.6 Å². The number of fused-ring (bicyclic) bond motifs is 2. The standard InChI is InChI=1S/C24H28N2O2/c27-24(28-16-17-8-2-1-3-9-17)26-21-14-5-4-12-19(21)23(25-18-10-6-11-18)20-13-7-15-22(20)26/h1-5,8-9,12,14,18,20,22-23,25H,6-7,10-11,13,15-16H2/t20-,22+,23-/m0/s1. The SMILES string of the molecule is O=C(OCc1ccccc1)N1c2ccccc2[C@H](NC2CCC2)[C@H]2CCC[C@H]21. The zero-order valence-electron chi connectivity index (χ0n) is 16.2. The van der Waals surface area contributed by atoms with E-state index in [0.717, 1.165) is 17.7 Å². The van der Waals surface area contributed by atoms with Gasteiger partial charge in [-0.25, -0.2) is 4.79 Å². The van der Waals surface area contributed by atoms with Gasteiger partial charge in [-0.3, -0.25) is 4.90 Å². The number of ether oxygens (including phenoxy) is 1. The second-order valence-electron chi connectivity index (χ2n) is 8.40. The first kappa shape index (κ1) is 17.7. The normalized spacial score (nSPS) is 26.3. The Morgan fingerprint density at radius 2 is 1.71 bits per heavy atom. The fourth-order valence-corrected chi connectivity index (χ4v) is 5.12. The summed E-state index contributed by atoms with van der Waals surface area (Å²) in [6, 6.07) is 19.5. The number of hydrogen-bond donors (Lipinski definition) is 1. The molecule has 146 valence electrons. The Morgan fingerprint density at radius 1 is 0.964 bits per heavy atom. The maximum atomic E-state index is 13.2. The number of nitrogens with zero attached hydrogens (tertiary/aromatic N) is 1. The van der Waals surface area contributed by atoms with Crippen molar-refractivity contribution in [1.82, 2.24) is 5.32 Å². The lowest BCUT2D eigenvalue weighted by atomic mass is 9.81. The molecule has 4 nitrogen and oxygen atoms in total. The van der Waals surface area contributed by atoms with Crippen molar-refractivity contribution < 1.29 is 9.53 Å². The van der Waals surface area contributed by atoms with Gasteiger partial charge in [0.1, 0.15) is 6.61 Å². The molecule has 0 aromatic heterocycles. The molecule has 0 saturated heterocycles. The number of amides is 1. The molecule has 5 rings (SSSR count). The molecule has 1 amide bonds. The summed E-state index contributed by atoms with van der Waals surface area (Å²) in [5.41, 5.74) is 3.31. The van der Waals surface area contributed by atoms with Crippen molar-refractivity contribution in [2.24, 2.45) is 5.92 Å². The predicted molar refractivity (Wildman–Crippen MR) is 110 cm³/mol. The molecule has 2 aromatic rings. The summed E-state index contributed by atoms with van der Waals surface area (Å²) in [4.78, 5) is 15.1. The smallest absolute Gasteiger partial charge is 0.414 e. The second kappa shape index (κ2) is 7.59. The van der Waals surface area contributed by atoms with Crippen LogP contribution >= 0.6 is 0 Å². The molecule has 0 spiro atoms. The van der Waals surface area contributed by atoms with Gasteiger partial charge in [0, 0.05) is 18.1 Å². The Labute approximate surface area is 166 Å². The number of carbonyl (C=O) groups is 1. The Hall–Kier alpha value is -2.33. The summed E-state index contributed by atoms with van der Waals surface area (Å²) >= 11 is 0. The minimum atomic E-state index is -0.213. The van der Waals surface area contributed by atoms with Gasteiger partial charge in [0.05, 0.1) is 5.69 Å². The molecule has 3 aliphatic rings. The van der Waals surface area contributed by atoms with Gasteiger partial charge in [0.2, 0.25) is 0 Å². The molecule has 0 radical (unpaired) electrons. The van der Waals surface area contributed by atoms with Gasteiger partial charge in [-0.2, -0.15) is 0 Å². The minimum absolute atomic E-state index is 0.213. The van der Waals surface area contributed by atoms with E-state index in [2.05, 4.69) is 23.5 Å². The number of benzene rings is 2. The van der Waals surface area contributed by atoms with Crippen LogP contribution in [0.15, 0.2) is 54.6 Å². The van der Waals surface area contributed by atoms with Gasteiger partial charge in [-0.1, -0.05) is 61.4 Å². The summed E-state index contributed by atoms with van der Waals surface area (Å²) < 4.78 is 5.75. The average molecular weight is 377 g/mol. The van der Waals surface area contributed by atoms with Crippen LogP contribution in [0.1, 0.15) is 55.7 Å². The van der Waals surface area contributed by atoms with Crippen LogP contribution in [0.4, 0.5) is 10.5 Å². The minimum Gasteiger partial charge on any atom is -0.444 e. The molecule has 2 aliphatic carbocycles. The van der Waals surface area contributed by atoms with E-state index >= 15 is 0 Å². The van der Waals surface area contributed by atoms with Crippen molar-refractivity contribution in [1.29, 1.82) is 0 Å².